The molecule has 0 aliphatic carbocycles. The number of quaternary nitrogens is 1. The van der Waals surface area contributed by atoms with Gasteiger partial charge in [0.15, 0.2) is 0 Å². The van der Waals surface area contributed by atoms with E-state index in [0.717, 1.165) is 17.9 Å². The minimum atomic E-state index is -0.824. The Balaban J connectivity index is 1.78. The highest BCUT2D eigenvalue weighted by molar-refractivity contribution is 6.46. The first-order valence-corrected chi connectivity index (χ1v) is 10.9. The average Bonchev–Trinajstić information content (AvgIpc) is 3.24. The smallest absolute Gasteiger partial charge is 0.295 e. The summed E-state index contributed by atoms with van der Waals surface area (Å²) < 4.78 is 5.71. The monoisotopic (exact) mass is 436 g/mol. The highest BCUT2D eigenvalue weighted by atomic mass is 16.5. The predicted molar refractivity (Wildman–Crippen MR) is 117 cm³/mol. The number of phenols is 1. The molecule has 7 nitrogen and oxygen atoms in total. The van der Waals surface area contributed by atoms with Gasteiger partial charge in [0, 0.05) is 25.0 Å². The van der Waals surface area contributed by atoms with Crippen LogP contribution in [0.25, 0.3) is 5.76 Å². The quantitative estimate of drug-likeness (QED) is 0.390. The first-order chi connectivity index (χ1) is 15.3. The number of nitrogens with one attached hydrogen (secondary N) is 1. The summed E-state index contributed by atoms with van der Waals surface area (Å²) in [6.45, 7) is 3.13. The summed E-state index contributed by atoms with van der Waals surface area (Å²) in [7, 11) is 4.03. The highest BCUT2D eigenvalue weighted by Crippen LogP contribution is 2.40. The molecule has 0 aromatic heterocycles. The third-order valence-corrected chi connectivity index (χ3v) is 5.95. The SMILES string of the molecule is CC1Cc2cc(/C([O-])=C3\C(=O)C(=O)N(CCC[NH+](C)C)C3c3cccc(O)c3)ccc2O1. The Morgan fingerprint density at radius 2 is 2.00 bits per heavy atom. The van der Waals surface area contributed by atoms with E-state index in [1.807, 2.05) is 21.0 Å². The lowest BCUT2D eigenvalue weighted by Gasteiger charge is -2.27. The molecular weight excluding hydrogens is 408 g/mol. The number of hydrogen-bond acceptors (Lipinski definition) is 5. The van der Waals surface area contributed by atoms with Gasteiger partial charge in [0.05, 0.1) is 26.7 Å². The number of carbonyl (C=O) groups is 2. The number of likely N-dealkylation sites (tertiary alicyclic amines) is 1. The zero-order valence-electron chi connectivity index (χ0n) is 18.6. The number of phenolic OH excluding ortho intramolecular Hbond substituents is 1. The molecule has 1 amide bonds. The zero-order valence-corrected chi connectivity index (χ0v) is 18.6. The number of rotatable bonds is 6. The molecule has 0 radical (unpaired) electrons. The fourth-order valence-corrected chi connectivity index (χ4v) is 4.46. The van der Waals surface area contributed by atoms with Gasteiger partial charge >= 0.3 is 0 Å². The molecule has 2 atom stereocenters. The van der Waals surface area contributed by atoms with E-state index in [1.165, 1.54) is 21.9 Å². The predicted octanol–water partition coefficient (Wildman–Crippen LogP) is 0.474. The summed E-state index contributed by atoms with van der Waals surface area (Å²) in [4.78, 5) is 28.7. The number of benzene rings is 2. The lowest BCUT2D eigenvalue weighted by Crippen LogP contribution is -3.05. The minimum absolute atomic E-state index is 0.0162. The van der Waals surface area contributed by atoms with Gasteiger partial charge in [-0.25, -0.2) is 0 Å². The van der Waals surface area contributed by atoms with Crippen LogP contribution in [-0.4, -0.2) is 55.0 Å². The van der Waals surface area contributed by atoms with E-state index in [1.54, 1.807) is 30.3 Å². The van der Waals surface area contributed by atoms with Gasteiger partial charge in [0.1, 0.15) is 17.6 Å². The molecule has 0 saturated carbocycles. The van der Waals surface area contributed by atoms with Crippen LogP contribution in [0.15, 0.2) is 48.0 Å². The molecule has 32 heavy (non-hydrogen) atoms. The van der Waals surface area contributed by atoms with Crippen LogP contribution in [0.3, 0.4) is 0 Å². The number of fused-ring (bicyclic) bond motifs is 1. The molecule has 0 spiro atoms. The van der Waals surface area contributed by atoms with Gasteiger partial charge in [-0.2, -0.15) is 0 Å². The third-order valence-electron chi connectivity index (χ3n) is 5.95. The summed E-state index contributed by atoms with van der Waals surface area (Å²) in [6, 6.07) is 10.7. The molecule has 2 N–H and O–H groups in total. The summed E-state index contributed by atoms with van der Waals surface area (Å²) in [5.41, 5.74) is 1.76. The van der Waals surface area contributed by atoms with E-state index in [2.05, 4.69) is 0 Å². The normalized spacial score (nSPS) is 21.8. The second kappa shape index (κ2) is 8.67. The van der Waals surface area contributed by atoms with Crippen molar-refractivity contribution in [2.24, 2.45) is 0 Å². The first kappa shape index (κ1) is 21.9. The van der Waals surface area contributed by atoms with Crippen LogP contribution in [0.5, 0.6) is 11.5 Å². The van der Waals surface area contributed by atoms with Crippen molar-refractivity contribution in [1.29, 1.82) is 0 Å². The fraction of sp³-hybridized carbons (Fsp3) is 0.360. The third kappa shape index (κ3) is 4.08. The molecule has 2 aliphatic heterocycles. The van der Waals surface area contributed by atoms with Crippen LogP contribution in [0.2, 0.25) is 0 Å². The second-order valence-corrected chi connectivity index (χ2v) is 8.83. The lowest BCUT2D eigenvalue weighted by atomic mass is 9.94. The number of ether oxygens (including phenoxy) is 1. The second-order valence-electron chi connectivity index (χ2n) is 8.83. The van der Waals surface area contributed by atoms with Gasteiger partial charge in [-0.05, 0) is 47.9 Å². The number of amides is 1. The topological polar surface area (TPSA) is 94.3 Å². The van der Waals surface area contributed by atoms with Crippen molar-refractivity contribution in [1.82, 2.24) is 4.90 Å². The Kier molecular flexibility index (Phi) is 5.93. The van der Waals surface area contributed by atoms with Crippen molar-refractivity contribution < 1.29 is 29.4 Å². The molecule has 1 saturated heterocycles. The minimum Gasteiger partial charge on any atom is -0.872 e. The number of Topliss-reactive ketones (excluding diaryl/α,β-unsaturated/α-hetero) is 1. The molecule has 2 aliphatic rings. The molecule has 4 rings (SSSR count). The number of carbonyl (C=O) groups excluding carboxylic acids is 2. The lowest BCUT2D eigenvalue weighted by molar-refractivity contribution is -0.858. The molecule has 7 heteroatoms. The van der Waals surface area contributed by atoms with E-state index in [0.29, 0.717) is 30.5 Å². The Bertz CT molecular complexity index is 1090. The number of hydrogen-bond donors (Lipinski definition) is 2. The molecule has 168 valence electrons. The van der Waals surface area contributed by atoms with Crippen molar-refractivity contribution in [3.63, 3.8) is 0 Å². The van der Waals surface area contributed by atoms with Crippen molar-refractivity contribution in [3.05, 3.63) is 64.7 Å². The molecular formula is C25H28N2O5. The van der Waals surface area contributed by atoms with Crippen LogP contribution in [0.4, 0.5) is 0 Å². The summed E-state index contributed by atoms with van der Waals surface area (Å²) in [5.74, 6) is -1.15. The van der Waals surface area contributed by atoms with Gasteiger partial charge in [-0.1, -0.05) is 24.0 Å². The van der Waals surface area contributed by atoms with Crippen LogP contribution in [0.1, 0.15) is 36.1 Å². The standard InChI is InChI=1S/C25H28N2O5/c1-15-12-18-13-17(8-9-20(18)32-15)23(29)21-22(16-6-4-7-19(28)14-16)27(25(31)24(21)30)11-5-10-26(2)3/h4,6-9,13-15,22,28-29H,5,10-12H2,1-3H3/b23-21+. The highest BCUT2D eigenvalue weighted by Gasteiger charge is 2.44. The number of nitrogens with zero attached hydrogens (tertiary/aromatic N) is 1. The number of aromatic hydroxyl groups is 1. The van der Waals surface area contributed by atoms with Crippen molar-refractivity contribution in [2.75, 3.05) is 27.2 Å². The van der Waals surface area contributed by atoms with Crippen molar-refractivity contribution >= 4 is 17.4 Å². The van der Waals surface area contributed by atoms with Crippen LogP contribution < -0.4 is 14.7 Å². The molecule has 1 fully saturated rings. The fourth-order valence-electron chi connectivity index (χ4n) is 4.46. The maximum atomic E-state index is 13.5. The largest absolute Gasteiger partial charge is 0.872 e. The van der Waals surface area contributed by atoms with Gasteiger partial charge in [-0.3, -0.25) is 9.59 Å². The van der Waals surface area contributed by atoms with E-state index in [9.17, 15) is 19.8 Å². The van der Waals surface area contributed by atoms with Crippen molar-refractivity contribution in [3.8, 4) is 11.5 Å². The zero-order chi connectivity index (χ0) is 23.0. The maximum absolute atomic E-state index is 13.5. The van der Waals surface area contributed by atoms with Crippen LogP contribution >= 0.6 is 0 Å². The van der Waals surface area contributed by atoms with Crippen molar-refractivity contribution in [2.45, 2.75) is 31.9 Å². The molecule has 2 heterocycles. The number of ketones is 1. The van der Waals surface area contributed by atoms with Crippen LogP contribution in [0, 0.1) is 0 Å². The first-order valence-electron chi connectivity index (χ1n) is 10.9. The van der Waals surface area contributed by atoms with E-state index >= 15 is 0 Å². The molecule has 2 unspecified atom stereocenters. The molecule has 2 aromatic carbocycles. The van der Waals surface area contributed by atoms with Crippen LogP contribution in [-0.2, 0) is 16.0 Å². The molecule has 0 bridgehead atoms. The Hall–Kier alpha value is -3.32. The van der Waals surface area contributed by atoms with Gasteiger partial charge in [0.25, 0.3) is 5.91 Å². The van der Waals surface area contributed by atoms with E-state index in [4.69, 9.17) is 4.74 Å². The summed E-state index contributed by atoms with van der Waals surface area (Å²) in [6.07, 6.45) is 1.41. The Morgan fingerprint density at radius 3 is 2.72 bits per heavy atom. The Labute approximate surface area is 187 Å². The Morgan fingerprint density at radius 1 is 1.22 bits per heavy atom. The van der Waals surface area contributed by atoms with Gasteiger partial charge < -0.3 is 24.7 Å². The summed E-state index contributed by atoms with van der Waals surface area (Å²) in [5, 5.41) is 23.5. The maximum Gasteiger partial charge on any atom is 0.295 e. The van der Waals surface area contributed by atoms with E-state index < -0.39 is 23.5 Å². The average molecular weight is 437 g/mol. The van der Waals surface area contributed by atoms with Gasteiger partial charge in [0.2, 0.25) is 5.78 Å². The van der Waals surface area contributed by atoms with E-state index in [-0.39, 0.29) is 17.4 Å². The van der Waals surface area contributed by atoms with Gasteiger partial charge in [-0.15, -0.1) is 0 Å². The molecule has 2 aromatic rings. The summed E-state index contributed by atoms with van der Waals surface area (Å²) >= 11 is 0.